The number of carbonyl (C=O) groups excluding carboxylic acids is 1. The van der Waals surface area contributed by atoms with Gasteiger partial charge in [-0.25, -0.2) is 9.38 Å². The lowest BCUT2D eigenvalue weighted by molar-refractivity contribution is -0.447. The zero-order valence-electron chi connectivity index (χ0n) is 15.6. The van der Waals surface area contributed by atoms with Gasteiger partial charge in [-0.15, -0.1) is 11.8 Å². The fraction of sp³-hybridized carbons (Fsp3) is 0.286. The molecule has 2 aromatic carbocycles. The largest absolute Gasteiger partial charge is 0.271 e. The molecule has 146 valence electrons. The van der Waals surface area contributed by atoms with Gasteiger partial charge in [-0.1, -0.05) is 24.9 Å². The van der Waals surface area contributed by atoms with Crippen LogP contribution in [0.5, 0.6) is 0 Å². The average molecular weight is 419 g/mol. The van der Waals surface area contributed by atoms with Crippen LogP contribution in [0, 0.1) is 11.7 Å². The van der Waals surface area contributed by atoms with Crippen molar-refractivity contribution in [2.75, 3.05) is 17.3 Å². The number of carbonyl (C=O) groups is 1. The van der Waals surface area contributed by atoms with Crippen LogP contribution in [0.4, 0.5) is 10.1 Å². The third-order valence-electron chi connectivity index (χ3n) is 4.25. The van der Waals surface area contributed by atoms with Gasteiger partial charge in [0.05, 0.1) is 17.2 Å². The summed E-state index contributed by atoms with van der Waals surface area (Å²) in [5.74, 6) is 0.00983. The number of hydrazone groups is 1. The summed E-state index contributed by atoms with van der Waals surface area (Å²) in [5, 5.41) is 6.58. The fourth-order valence-corrected chi connectivity index (χ4v) is 3.78. The molecule has 1 atom stereocenters. The molecule has 1 aliphatic rings. The number of hydrogen-bond acceptors (Lipinski definition) is 3. The van der Waals surface area contributed by atoms with E-state index >= 15 is 0 Å². The van der Waals surface area contributed by atoms with E-state index in [1.807, 2.05) is 30.5 Å². The van der Waals surface area contributed by atoms with Crippen molar-refractivity contribution in [3.63, 3.8) is 0 Å². The molecule has 7 heteroatoms. The van der Waals surface area contributed by atoms with E-state index in [-0.39, 0.29) is 11.7 Å². The number of nitrogens with zero attached hydrogens (tertiary/aromatic N) is 2. The van der Waals surface area contributed by atoms with E-state index in [0.29, 0.717) is 5.69 Å². The highest BCUT2D eigenvalue weighted by molar-refractivity contribution is 7.99. The Balaban J connectivity index is 1.60. The first-order valence-corrected chi connectivity index (χ1v) is 10.6. The Morgan fingerprint density at radius 2 is 1.93 bits per heavy atom. The third-order valence-corrected chi connectivity index (χ3v) is 5.52. The number of nitrogens with one attached hydrogen (secondary N) is 1. The van der Waals surface area contributed by atoms with Gasteiger partial charge in [0.25, 0.3) is 5.91 Å². The minimum Gasteiger partial charge on any atom is -0.271 e. The minimum atomic E-state index is -0.398. The number of anilines is 1. The number of thioether (sulfide) groups is 1. The van der Waals surface area contributed by atoms with Gasteiger partial charge in [0, 0.05) is 9.92 Å². The normalized spacial score (nSPS) is 16.8. The van der Waals surface area contributed by atoms with Crippen molar-refractivity contribution in [1.29, 1.82) is 0 Å². The third kappa shape index (κ3) is 5.20. The summed E-state index contributed by atoms with van der Waals surface area (Å²) in [6.45, 7) is 2.79. The van der Waals surface area contributed by atoms with E-state index in [2.05, 4.69) is 17.0 Å². The van der Waals surface area contributed by atoms with E-state index < -0.39 is 5.92 Å². The highest BCUT2D eigenvalue weighted by atomic mass is 35.5. The molecule has 1 heterocycles. The van der Waals surface area contributed by atoms with Crippen molar-refractivity contribution >= 4 is 46.9 Å². The van der Waals surface area contributed by atoms with Crippen LogP contribution in [-0.4, -0.2) is 30.1 Å². The van der Waals surface area contributed by atoms with E-state index in [1.54, 1.807) is 23.9 Å². The lowest BCUT2D eigenvalue weighted by atomic mass is 10.0. The summed E-state index contributed by atoms with van der Waals surface area (Å²) in [5.41, 5.74) is 1.41. The van der Waals surface area contributed by atoms with Gasteiger partial charge < -0.3 is 0 Å². The van der Waals surface area contributed by atoms with Crippen LogP contribution in [0.3, 0.4) is 0 Å². The van der Waals surface area contributed by atoms with Gasteiger partial charge in [0.2, 0.25) is 0 Å². The molecule has 1 aliphatic heterocycles. The second kappa shape index (κ2) is 9.85. The van der Waals surface area contributed by atoms with Gasteiger partial charge in [-0.3, -0.25) is 4.79 Å². The maximum atomic E-state index is 13.2. The monoisotopic (exact) mass is 418 g/mol. The smallest absolute Gasteiger partial charge is 0.266 e. The maximum absolute atomic E-state index is 13.2. The summed E-state index contributed by atoms with van der Waals surface area (Å²) in [6, 6.07) is 13.5. The SMILES string of the molecule is CCCC1=NN(c2ccc(F)cc2)C(=O)[C@H]1C=[NH+]CCSc1ccc(Cl)cc1. The summed E-state index contributed by atoms with van der Waals surface area (Å²) < 4.78 is 13.2. The highest BCUT2D eigenvalue weighted by Gasteiger charge is 2.36. The molecular formula is C21H22ClFN3OS+. The first-order valence-electron chi connectivity index (χ1n) is 9.20. The first-order chi connectivity index (χ1) is 13.6. The zero-order valence-corrected chi connectivity index (χ0v) is 17.1. The van der Waals surface area contributed by atoms with Crippen LogP contribution in [0.1, 0.15) is 19.8 Å². The Morgan fingerprint density at radius 3 is 2.61 bits per heavy atom. The molecule has 0 radical (unpaired) electrons. The standard InChI is InChI=1S/C21H21ClFN3OS/c1-2-3-20-19(14-24-12-13-28-18-10-4-15(22)5-11-18)21(27)26(25-20)17-8-6-16(23)7-9-17/h4-11,14,19H,2-3,12-13H2,1H3/p+1/t19-/m0/s1. The first kappa shape index (κ1) is 20.6. The van der Waals surface area contributed by atoms with Crippen molar-refractivity contribution in [2.24, 2.45) is 11.0 Å². The van der Waals surface area contributed by atoms with Crippen LogP contribution in [0.15, 0.2) is 58.5 Å². The van der Waals surface area contributed by atoms with Crippen LogP contribution >= 0.6 is 23.4 Å². The van der Waals surface area contributed by atoms with Crippen molar-refractivity contribution < 1.29 is 14.2 Å². The van der Waals surface area contributed by atoms with Crippen LogP contribution in [0.2, 0.25) is 5.02 Å². The Bertz CT molecular complexity index is 868. The second-order valence-corrected chi connectivity index (χ2v) is 7.97. The molecule has 0 aromatic heterocycles. The highest BCUT2D eigenvalue weighted by Crippen LogP contribution is 2.24. The Morgan fingerprint density at radius 1 is 1.21 bits per heavy atom. The van der Waals surface area contributed by atoms with Crippen LogP contribution in [-0.2, 0) is 4.79 Å². The molecule has 0 unspecified atom stereocenters. The number of halogens is 2. The summed E-state index contributed by atoms with van der Waals surface area (Å²) >= 11 is 7.61. The van der Waals surface area contributed by atoms with Crippen molar-refractivity contribution in [1.82, 2.24) is 0 Å². The number of hydrogen-bond donors (Lipinski definition) is 1. The molecule has 0 saturated heterocycles. The molecule has 0 aliphatic carbocycles. The van der Waals surface area contributed by atoms with E-state index in [0.717, 1.165) is 40.8 Å². The lowest BCUT2D eigenvalue weighted by Crippen LogP contribution is -2.71. The van der Waals surface area contributed by atoms with Crippen LogP contribution < -0.4 is 10.0 Å². The fourth-order valence-electron chi connectivity index (χ4n) is 2.87. The van der Waals surface area contributed by atoms with Gasteiger partial charge in [-0.2, -0.15) is 10.1 Å². The molecule has 4 nitrogen and oxygen atoms in total. The number of amides is 1. The van der Waals surface area contributed by atoms with E-state index in [1.165, 1.54) is 17.1 Å². The number of benzene rings is 2. The molecule has 0 spiro atoms. The van der Waals surface area contributed by atoms with Crippen molar-refractivity contribution in [2.45, 2.75) is 24.7 Å². The Kier molecular flexibility index (Phi) is 7.23. The molecule has 1 amide bonds. The van der Waals surface area contributed by atoms with E-state index in [9.17, 15) is 9.18 Å². The molecular weight excluding hydrogens is 397 g/mol. The molecule has 0 fully saturated rings. The Labute approximate surface area is 173 Å². The predicted octanol–water partition coefficient (Wildman–Crippen LogP) is 3.54. The van der Waals surface area contributed by atoms with Crippen molar-refractivity contribution in [3.05, 3.63) is 59.4 Å². The predicted molar refractivity (Wildman–Crippen MR) is 114 cm³/mol. The molecule has 0 bridgehead atoms. The Hall–Kier alpha value is -2.18. The number of rotatable bonds is 8. The molecule has 3 rings (SSSR count). The zero-order chi connectivity index (χ0) is 19.9. The summed E-state index contributed by atoms with van der Waals surface area (Å²) in [7, 11) is 0. The molecule has 0 saturated carbocycles. The molecule has 2 aromatic rings. The maximum Gasteiger partial charge on any atom is 0.266 e. The average Bonchev–Trinajstić information content (AvgIpc) is 3.00. The minimum absolute atomic E-state index is 0.118. The van der Waals surface area contributed by atoms with Gasteiger partial charge in [-0.05, 0) is 55.0 Å². The summed E-state index contributed by atoms with van der Waals surface area (Å²) in [4.78, 5) is 17.2. The quantitative estimate of drug-likeness (QED) is 0.405. The van der Waals surface area contributed by atoms with Crippen molar-refractivity contribution in [3.8, 4) is 0 Å². The lowest BCUT2D eigenvalue weighted by Gasteiger charge is -2.11. The van der Waals surface area contributed by atoms with Gasteiger partial charge >= 0.3 is 0 Å². The topological polar surface area (TPSA) is 46.6 Å². The molecule has 1 N–H and O–H groups in total. The van der Waals surface area contributed by atoms with Gasteiger partial charge in [0.1, 0.15) is 12.4 Å². The summed E-state index contributed by atoms with van der Waals surface area (Å²) in [6.07, 6.45) is 3.47. The van der Waals surface area contributed by atoms with Crippen LogP contribution in [0.25, 0.3) is 0 Å². The van der Waals surface area contributed by atoms with Gasteiger partial charge in [0.15, 0.2) is 12.1 Å². The second-order valence-electron chi connectivity index (χ2n) is 6.37. The van der Waals surface area contributed by atoms with E-state index in [4.69, 9.17) is 11.6 Å². The molecule has 28 heavy (non-hydrogen) atoms.